The molecule has 1 saturated carbocycles. The van der Waals surface area contributed by atoms with Gasteiger partial charge in [-0.3, -0.25) is 4.79 Å². The summed E-state index contributed by atoms with van der Waals surface area (Å²) in [4.78, 5) is 11.1. The maximum atomic E-state index is 11.1. The molecule has 0 aromatic rings. The van der Waals surface area contributed by atoms with E-state index < -0.39 is 0 Å². The predicted octanol–water partition coefficient (Wildman–Crippen LogP) is 4.34. The van der Waals surface area contributed by atoms with Crippen molar-refractivity contribution in [2.24, 2.45) is 11.7 Å². The monoisotopic (exact) mass is 251 g/mol. The molecular formula is C16H29NO. The van der Waals surface area contributed by atoms with Crippen LogP contribution in [0.2, 0.25) is 0 Å². The highest BCUT2D eigenvalue weighted by Gasteiger charge is 2.09. The van der Waals surface area contributed by atoms with E-state index in [1.54, 1.807) is 0 Å². The van der Waals surface area contributed by atoms with E-state index in [-0.39, 0.29) is 5.91 Å². The molecule has 0 aromatic heterocycles. The molecule has 0 aliphatic heterocycles. The average molecular weight is 251 g/mol. The Morgan fingerprint density at radius 3 is 1.67 bits per heavy atom. The van der Waals surface area contributed by atoms with Crippen molar-refractivity contribution < 1.29 is 4.79 Å². The SMILES string of the molecule is CC(=CC1CCCCCCCCCCC1)C(N)=O. The molecule has 2 N–H and O–H groups in total. The normalized spacial score (nSPS) is 21.9. The highest BCUT2D eigenvalue weighted by Crippen LogP contribution is 2.22. The first-order valence-corrected chi connectivity index (χ1v) is 7.68. The second kappa shape index (κ2) is 9.18. The summed E-state index contributed by atoms with van der Waals surface area (Å²) < 4.78 is 0. The first kappa shape index (κ1) is 15.3. The number of carbonyl (C=O) groups is 1. The summed E-state index contributed by atoms with van der Waals surface area (Å²) >= 11 is 0. The van der Waals surface area contributed by atoms with Gasteiger partial charge in [0, 0.05) is 5.57 Å². The van der Waals surface area contributed by atoms with Crippen molar-refractivity contribution in [1.29, 1.82) is 0 Å². The fourth-order valence-electron chi connectivity index (χ4n) is 2.80. The minimum Gasteiger partial charge on any atom is -0.366 e. The van der Waals surface area contributed by atoms with Gasteiger partial charge >= 0.3 is 0 Å². The van der Waals surface area contributed by atoms with E-state index in [1.807, 2.05) is 6.92 Å². The van der Waals surface area contributed by atoms with E-state index in [4.69, 9.17) is 5.73 Å². The van der Waals surface area contributed by atoms with E-state index in [0.717, 1.165) is 5.57 Å². The molecule has 0 heterocycles. The Hall–Kier alpha value is -0.790. The Morgan fingerprint density at radius 2 is 1.28 bits per heavy atom. The summed E-state index contributed by atoms with van der Waals surface area (Å²) in [5.74, 6) is 0.304. The van der Waals surface area contributed by atoms with Crippen molar-refractivity contribution >= 4 is 5.91 Å². The van der Waals surface area contributed by atoms with E-state index in [0.29, 0.717) is 5.92 Å². The minimum atomic E-state index is -0.263. The Morgan fingerprint density at radius 1 is 0.889 bits per heavy atom. The fourth-order valence-corrected chi connectivity index (χ4v) is 2.80. The van der Waals surface area contributed by atoms with Gasteiger partial charge in [0.15, 0.2) is 0 Å². The molecule has 1 aliphatic carbocycles. The van der Waals surface area contributed by atoms with Crippen LogP contribution in [0.4, 0.5) is 0 Å². The van der Waals surface area contributed by atoms with Crippen LogP contribution >= 0.6 is 0 Å². The zero-order chi connectivity index (χ0) is 13.2. The standard InChI is InChI=1S/C16H29NO/c1-14(16(17)18)13-15-11-9-7-5-3-2-4-6-8-10-12-15/h13,15H,2-12H2,1H3,(H2,17,18). The van der Waals surface area contributed by atoms with Crippen molar-refractivity contribution in [1.82, 2.24) is 0 Å². The number of nitrogens with two attached hydrogens (primary N) is 1. The van der Waals surface area contributed by atoms with Gasteiger partial charge in [0.2, 0.25) is 5.91 Å². The minimum absolute atomic E-state index is 0.263. The van der Waals surface area contributed by atoms with Crippen LogP contribution in [0.25, 0.3) is 0 Å². The van der Waals surface area contributed by atoms with Crippen LogP contribution in [0.5, 0.6) is 0 Å². The van der Waals surface area contributed by atoms with Crippen LogP contribution < -0.4 is 5.73 Å². The molecule has 0 saturated heterocycles. The number of allylic oxidation sites excluding steroid dienone is 1. The Kier molecular flexibility index (Phi) is 7.79. The van der Waals surface area contributed by atoms with E-state index in [9.17, 15) is 4.79 Å². The number of carbonyl (C=O) groups excluding carboxylic acids is 1. The van der Waals surface area contributed by atoms with Gasteiger partial charge in [-0.1, -0.05) is 63.9 Å². The maximum Gasteiger partial charge on any atom is 0.244 e. The lowest BCUT2D eigenvalue weighted by molar-refractivity contribution is -0.114. The van der Waals surface area contributed by atoms with Crippen LogP contribution in [-0.4, -0.2) is 5.91 Å². The van der Waals surface area contributed by atoms with Gasteiger partial charge in [0.1, 0.15) is 0 Å². The van der Waals surface area contributed by atoms with Crippen LogP contribution in [0.1, 0.15) is 77.6 Å². The van der Waals surface area contributed by atoms with E-state index in [2.05, 4.69) is 6.08 Å². The summed E-state index contributed by atoms with van der Waals surface area (Å²) in [6.45, 7) is 1.85. The smallest absolute Gasteiger partial charge is 0.244 e. The van der Waals surface area contributed by atoms with E-state index >= 15 is 0 Å². The molecule has 0 aromatic carbocycles. The number of hydrogen-bond donors (Lipinski definition) is 1. The third kappa shape index (κ3) is 6.83. The molecule has 0 atom stereocenters. The average Bonchev–Trinajstić information content (AvgIpc) is 2.32. The topological polar surface area (TPSA) is 43.1 Å². The number of hydrogen-bond acceptors (Lipinski definition) is 1. The van der Waals surface area contributed by atoms with Crippen LogP contribution in [0.3, 0.4) is 0 Å². The Balaban J connectivity index is 2.45. The van der Waals surface area contributed by atoms with Crippen LogP contribution in [0, 0.1) is 5.92 Å². The zero-order valence-corrected chi connectivity index (χ0v) is 11.9. The lowest BCUT2D eigenvalue weighted by Crippen LogP contribution is -2.13. The quantitative estimate of drug-likeness (QED) is 0.729. The number of rotatable bonds is 2. The Labute approximate surface area is 112 Å². The lowest BCUT2D eigenvalue weighted by atomic mass is 9.91. The highest BCUT2D eigenvalue weighted by atomic mass is 16.1. The molecule has 0 radical (unpaired) electrons. The molecular weight excluding hydrogens is 222 g/mol. The molecule has 0 unspecified atom stereocenters. The van der Waals surface area contributed by atoms with Crippen LogP contribution in [0.15, 0.2) is 11.6 Å². The molecule has 18 heavy (non-hydrogen) atoms. The van der Waals surface area contributed by atoms with Crippen LogP contribution in [-0.2, 0) is 4.79 Å². The fraction of sp³-hybridized carbons (Fsp3) is 0.812. The van der Waals surface area contributed by atoms with Gasteiger partial charge in [-0.15, -0.1) is 0 Å². The van der Waals surface area contributed by atoms with Gasteiger partial charge in [0.05, 0.1) is 0 Å². The van der Waals surface area contributed by atoms with Crippen molar-refractivity contribution in [2.45, 2.75) is 77.6 Å². The Bertz CT molecular complexity index is 258. The highest BCUT2D eigenvalue weighted by molar-refractivity contribution is 5.91. The molecule has 1 rings (SSSR count). The lowest BCUT2D eigenvalue weighted by Gasteiger charge is -2.15. The largest absolute Gasteiger partial charge is 0.366 e. The van der Waals surface area contributed by atoms with Crippen molar-refractivity contribution in [3.63, 3.8) is 0 Å². The maximum absolute atomic E-state index is 11.1. The van der Waals surface area contributed by atoms with Gasteiger partial charge in [-0.2, -0.15) is 0 Å². The van der Waals surface area contributed by atoms with Crippen molar-refractivity contribution in [3.8, 4) is 0 Å². The molecule has 0 spiro atoms. The van der Waals surface area contributed by atoms with Crippen molar-refractivity contribution in [2.75, 3.05) is 0 Å². The first-order valence-electron chi connectivity index (χ1n) is 7.68. The number of amides is 1. The van der Waals surface area contributed by atoms with Gasteiger partial charge in [-0.05, 0) is 25.7 Å². The summed E-state index contributed by atoms with van der Waals surface area (Å²) in [5.41, 5.74) is 6.06. The molecule has 2 nitrogen and oxygen atoms in total. The third-order valence-electron chi connectivity index (χ3n) is 4.02. The van der Waals surface area contributed by atoms with E-state index in [1.165, 1.54) is 70.6 Å². The summed E-state index contributed by atoms with van der Waals surface area (Å²) in [6, 6.07) is 0. The second-order valence-corrected chi connectivity index (χ2v) is 5.73. The van der Waals surface area contributed by atoms with Gasteiger partial charge < -0.3 is 5.73 Å². The van der Waals surface area contributed by atoms with Gasteiger partial charge in [-0.25, -0.2) is 0 Å². The van der Waals surface area contributed by atoms with Gasteiger partial charge in [0.25, 0.3) is 0 Å². The molecule has 1 aliphatic rings. The first-order chi connectivity index (χ1) is 8.70. The zero-order valence-electron chi connectivity index (χ0n) is 11.9. The second-order valence-electron chi connectivity index (χ2n) is 5.73. The molecule has 104 valence electrons. The summed E-state index contributed by atoms with van der Waals surface area (Å²) in [6.07, 6.45) is 16.9. The molecule has 1 amide bonds. The summed E-state index contributed by atoms with van der Waals surface area (Å²) in [7, 11) is 0. The molecule has 1 fully saturated rings. The molecule has 0 bridgehead atoms. The third-order valence-corrected chi connectivity index (χ3v) is 4.02. The summed E-state index contributed by atoms with van der Waals surface area (Å²) in [5, 5.41) is 0. The van der Waals surface area contributed by atoms with Crippen molar-refractivity contribution in [3.05, 3.63) is 11.6 Å². The molecule has 2 heteroatoms. The predicted molar refractivity (Wildman–Crippen MR) is 77.2 cm³/mol. The number of primary amides is 1.